The molecule has 0 aliphatic carbocycles. The highest BCUT2D eigenvalue weighted by atomic mass is 35.5. The van der Waals surface area contributed by atoms with Crippen molar-refractivity contribution in [3.63, 3.8) is 0 Å². The lowest BCUT2D eigenvalue weighted by molar-refractivity contribution is -0.134. The topological polar surface area (TPSA) is 53.6 Å². The van der Waals surface area contributed by atoms with Gasteiger partial charge in [0.1, 0.15) is 6.10 Å². The summed E-state index contributed by atoms with van der Waals surface area (Å²) in [4.78, 5) is 14.8. The molecule has 2 aliphatic heterocycles. The van der Waals surface area contributed by atoms with E-state index in [0.29, 0.717) is 19.7 Å². The summed E-state index contributed by atoms with van der Waals surface area (Å²) in [5.74, 6) is 0.755. The van der Waals surface area contributed by atoms with Crippen LogP contribution in [0, 0.1) is 5.92 Å². The number of hydrogen-bond donors (Lipinski definition) is 2. The standard InChI is InChI=1S/C19H29N3O2.2ClH/c1-15-5-4-9-22(13-15)14-17-7-3-2-6-16(17)11-21-19(23)18-12-20-8-10-24-18;;/h2-3,6-7,15,18,20H,4-5,8-14H2,1H3,(H,21,23);2*1H. The zero-order chi connectivity index (χ0) is 16.8. The Hall–Kier alpha value is -0.850. The van der Waals surface area contributed by atoms with Crippen LogP contribution in [-0.4, -0.2) is 49.7 Å². The minimum Gasteiger partial charge on any atom is -0.366 e. The minimum atomic E-state index is -0.367. The molecule has 26 heavy (non-hydrogen) atoms. The Morgan fingerprint density at radius 2 is 2.08 bits per heavy atom. The maximum Gasteiger partial charge on any atom is 0.250 e. The smallest absolute Gasteiger partial charge is 0.250 e. The van der Waals surface area contributed by atoms with E-state index in [9.17, 15) is 4.79 Å². The fourth-order valence-electron chi connectivity index (χ4n) is 3.59. The molecule has 2 heterocycles. The Bertz CT molecular complexity index is 553. The number of rotatable bonds is 5. The van der Waals surface area contributed by atoms with Gasteiger partial charge < -0.3 is 15.4 Å². The van der Waals surface area contributed by atoms with Gasteiger partial charge in [0.25, 0.3) is 5.91 Å². The van der Waals surface area contributed by atoms with E-state index in [0.717, 1.165) is 19.0 Å². The van der Waals surface area contributed by atoms with E-state index in [1.165, 1.54) is 37.1 Å². The van der Waals surface area contributed by atoms with E-state index < -0.39 is 0 Å². The van der Waals surface area contributed by atoms with Crippen LogP contribution in [0.3, 0.4) is 0 Å². The number of carbonyl (C=O) groups excluding carboxylic acids is 1. The molecule has 2 fully saturated rings. The molecule has 2 atom stereocenters. The number of piperidine rings is 1. The monoisotopic (exact) mass is 403 g/mol. The van der Waals surface area contributed by atoms with Crippen molar-refractivity contribution in [3.8, 4) is 0 Å². The molecule has 1 amide bonds. The fourth-order valence-corrected chi connectivity index (χ4v) is 3.59. The lowest BCUT2D eigenvalue weighted by atomic mass is 9.99. The second kappa shape index (κ2) is 11.8. The van der Waals surface area contributed by atoms with Gasteiger partial charge >= 0.3 is 0 Å². The van der Waals surface area contributed by atoms with Crippen LogP contribution in [0.5, 0.6) is 0 Å². The molecule has 2 aliphatic rings. The van der Waals surface area contributed by atoms with Gasteiger partial charge in [0.05, 0.1) is 6.61 Å². The number of nitrogens with one attached hydrogen (secondary N) is 2. The molecule has 3 rings (SSSR count). The lowest BCUT2D eigenvalue weighted by Gasteiger charge is -2.31. The lowest BCUT2D eigenvalue weighted by Crippen LogP contribution is -2.47. The third-order valence-corrected chi connectivity index (χ3v) is 4.93. The van der Waals surface area contributed by atoms with Gasteiger partial charge in [0, 0.05) is 32.7 Å². The van der Waals surface area contributed by atoms with Crippen molar-refractivity contribution in [1.82, 2.24) is 15.5 Å². The molecule has 5 nitrogen and oxygen atoms in total. The van der Waals surface area contributed by atoms with E-state index in [4.69, 9.17) is 4.74 Å². The van der Waals surface area contributed by atoms with Gasteiger partial charge in [-0.1, -0.05) is 31.2 Å². The van der Waals surface area contributed by atoms with E-state index >= 15 is 0 Å². The third-order valence-electron chi connectivity index (χ3n) is 4.93. The van der Waals surface area contributed by atoms with Crippen LogP contribution in [0.25, 0.3) is 0 Å². The summed E-state index contributed by atoms with van der Waals surface area (Å²) < 4.78 is 5.51. The van der Waals surface area contributed by atoms with E-state index in [1.54, 1.807) is 0 Å². The summed E-state index contributed by atoms with van der Waals surface area (Å²) in [6.07, 6.45) is 2.25. The van der Waals surface area contributed by atoms with Crippen molar-refractivity contribution in [3.05, 3.63) is 35.4 Å². The number of halogens is 2. The minimum absolute atomic E-state index is 0. The van der Waals surface area contributed by atoms with Gasteiger partial charge in [-0.15, -0.1) is 24.8 Å². The summed E-state index contributed by atoms with van der Waals surface area (Å²) in [6, 6.07) is 8.42. The molecule has 2 N–H and O–H groups in total. The normalized spacial score (nSPS) is 23.4. The maximum atomic E-state index is 12.2. The third kappa shape index (κ3) is 6.71. The summed E-state index contributed by atoms with van der Waals surface area (Å²) in [5, 5.41) is 6.22. The highest BCUT2D eigenvalue weighted by Gasteiger charge is 2.22. The van der Waals surface area contributed by atoms with E-state index in [1.807, 2.05) is 6.07 Å². The fraction of sp³-hybridized carbons (Fsp3) is 0.632. The van der Waals surface area contributed by atoms with Crippen LogP contribution >= 0.6 is 24.8 Å². The highest BCUT2D eigenvalue weighted by molar-refractivity contribution is 5.85. The number of nitrogens with zero attached hydrogens (tertiary/aromatic N) is 1. The van der Waals surface area contributed by atoms with Gasteiger partial charge in [0.2, 0.25) is 0 Å². The first-order valence-corrected chi connectivity index (χ1v) is 9.11. The predicted molar refractivity (Wildman–Crippen MR) is 109 cm³/mol. The predicted octanol–water partition coefficient (Wildman–Crippen LogP) is 2.37. The molecule has 2 unspecified atom stereocenters. The van der Waals surface area contributed by atoms with Crippen LogP contribution in [0.4, 0.5) is 0 Å². The van der Waals surface area contributed by atoms with Crippen molar-refractivity contribution in [2.45, 2.75) is 39.0 Å². The van der Waals surface area contributed by atoms with Gasteiger partial charge in [-0.3, -0.25) is 9.69 Å². The van der Waals surface area contributed by atoms with Gasteiger partial charge in [-0.05, 0) is 36.4 Å². The van der Waals surface area contributed by atoms with Crippen LogP contribution in [0.15, 0.2) is 24.3 Å². The van der Waals surface area contributed by atoms with Gasteiger partial charge in [0.15, 0.2) is 0 Å². The molecule has 0 saturated carbocycles. The van der Waals surface area contributed by atoms with E-state index in [-0.39, 0.29) is 36.8 Å². The van der Waals surface area contributed by atoms with Crippen LogP contribution in [0.1, 0.15) is 30.9 Å². The number of hydrogen-bond acceptors (Lipinski definition) is 4. The average Bonchev–Trinajstić information content (AvgIpc) is 2.61. The second-order valence-electron chi connectivity index (χ2n) is 7.03. The first kappa shape index (κ1) is 23.2. The van der Waals surface area contributed by atoms with Gasteiger partial charge in [-0.2, -0.15) is 0 Å². The van der Waals surface area contributed by atoms with Crippen LogP contribution in [-0.2, 0) is 22.6 Å². The molecule has 0 spiro atoms. The largest absolute Gasteiger partial charge is 0.366 e. The first-order chi connectivity index (χ1) is 11.7. The average molecular weight is 404 g/mol. The number of carbonyl (C=O) groups is 1. The number of morpholine rings is 1. The number of ether oxygens (including phenoxy) is 1. The Labute approximate surface area is 169 Å². The Morgan fingerprint density at radius 3 is 2.77 bits per heavy atom. The summed E-state index contributed by atoms with van der Waals surface area (Å²) in [6.45, 7) is 8.23. The molecule has 0 bridgehead atoms. The molecule has 1 aromatic carbocycles. The van der Waals surface area contributed by atoms with Crippen LogP contribution < -0.4 is 10.6 Å². The Morgan fingerprint density at radius 1 is 1.31 bits per heavy atom. The van der Waals surface area contributed by atoms with Gasteiger partial charge in [-0.25, -0.2) is 0 Å². The maximum absolute atomic E-state index is 12.2. The first-order valence-electron chi connectivity index (χ1n) is 9.11. The Kier molecular flexibility index (Phi) is 10.5. The van der Waals surface area contributed by atoms with Crippen molar-refractivity contribution in [2.75, 3.05) is 32.8 Å². The van der Waals surface area contributed by atoms with Crippen molar-refractivity contribution in [2.24, 2.45) is 5.92 Å². The SMILES string of the molecule is CC1CCCN(Cc2ccccc2CNC(=O)C2CNCCO2)C1.Cl.Cl. The summed E-state index contributed by atoms with van der Waals surface area (Å²) >= 11 is 0. The molecule has 7 heteroatoms. The molecule has 0 aromatic heterocycles. The summed E-state index contributed by atoms with van der Waals surface area (Å²) in [7, 11) is 0. The van der Waals surface area contributed by atoms with Crippen molar-refractivity contribution >= 4 is 30.7 Å². The number of benzene rings is 1. The molecule has 0 radical (unpaired) electrons. The molecule has 148 valence electrons. The quantitative estimate of drug-likeness (QED) is 0.791. The van der Waals surface area contributed by atoms with E-state index in [2.05, 4.69) is 40.7 Å². The second-order valence-corrected chi connectivity index (χ2v) is 7.03. The zero-order valence-electron chi connectivity index (χ0n) is 15.4. The molecular weight excluding hydrogens is 373 g/mol. The van der Waals surface area contributed by atoms with Crippen LogP contribution in [0.2, 0.25) is 0 Å². The molecule has 2 saturated heterocycles. The summed E-state index contributed by atoms with van der Waals surface area (Å²) in [5.41, 5.74) is 2.52. The number of amides is 1. The molecular formula is C19H31Cl2N3O2. The molecule has 1 aromatic rings. The van der Waals surface area contributed by atoms with Crippen molar-refractivity contribution in [1.29, 1.82) is 0 Å². The van der Waals surface area contributed by atoms with Crippen molar-refractivity contribution < 1.29 is 9.53 Å². The zero-order valence-corrected chi connectivity index (χ0v) is 17.0. The number of likely N-dealkylation sites (tertiary alicyclic amines) is 1. The Balaban J connectivity index is 0.00000169. The highest BCUT2D eigenvalue weighted by Crippen LogP contribution is 2.19.